The van der Waals surface area contributed by atoms with Crippen LogP contribution in [-0.4, -0.2) is 31.6 Å². The van der Waals surface area contributed by atoms with Gasteiger partial charge in [-0.2, -0.15) is 0 Å². The zero-order valence-corrected chi connectivity index (χ0v) is 14.9. The maximum absolute atomic E-state index is 12.5. The van der Waals surface area contributed by atoms with Gasteiger partial charge in [-0.1, -0.05) is 18.6 Å². The van der Waals surface area contributed by atoms with Gasteiger partial charge in [-0.05, 0) is 61.6 Å². The fourth-order valence-corrected chi connectivity index (χ4v) is 4.40. The van der Waals surface area contributed by atoms with E-state index in [2.05, 4.69) is 10.1 Å². The van der Waals surface area contributed by atoms with Crippen molar-refractivity contribution in [3.05, 3.63) is 35.4 Å². The molecule has 2 atom stereocenters. The molecule has 136 valence electrons. The molecule has 3 N–H and O–H groups in total. The molecule has 5 heteroatoms. The lowest BCUT2D eigenvalue weighted by Crippen LogP contribution is -2.49. The molecule has 0 radical (unpaired) electrons. The van der Waals surface area contributed by atoms with Crippen molar-refractivity contribution in [3.63, 3.8) is 0 Å². The predicted octanol–water partition coefficient (Wildman–Crippen LogP) is 2.29. The zero-order valence-electron chi connectivity index (χ0n) is 14.9. The van der Waals surface area contributed by atoms with Crippen molar-refractivity contribution >= 4 is 11.9 Å². The first-order valence-corrected chi connectivity index (χ1v) is 9.29. The smallest absolute Gasteiger partial charge is 0.337 e. The Hall–Kier alpha value is -1.88. The van der Waals surface area contributed by atoms with E-state index in [1.807, 2.05) is 12.1 Å². The molecule has 3 rings (SSSR count). The fourth-order valence-electron chi connectivity index (χ4n) is 4.40. The Balaban J connectivity index is 1.46. The van der Waals surface area contributed by atoms with Crippen molar-refractivity contribution in [2.24, 2.45) is 23.5 Å². The third kappa shape index (κ3) is 4.21. The lowest BCUT2D eigenvalue weighted by molar-refractivity contribution is -0.127. The first kappa shape index (κ1) is 17.9. The number of nitrogens with one attached hydrogen (secondary N) is 1. The van der Waals surface area contributed by atoms with Crippen LogP contribution in [0, 0.1) is 17.8 Å². The SMILES string of the molecule is COC(=O)c1ccc(CCNC(=O)C2CC3CCCC(C2)C3N)cc1. The quantitative estimate of drug-likeness (QED) is 0.803. The average molecular weight is 344 g/mol. The normalized spacial score (nSPS) is 28.2. The van der Waals surface area contributed by atoms with E-state index in [0.717, 1.165) is 24.8 Å². The number of carbonyl (C=O) groups is 2. The number of fused-ring (bicyclic) bond motifs is 2. The summed E-state index contributed by atoms with van der Waals surface area (Å²) in [6, 6.07) is 7.62. The van der Waals surface area contributed by atoms with Gasteiger partial charge in [0.2, 0.25) is 5.91 Å². The highest BCUT2D eigenvalue weighted by Gasteiger charge is 2.40. The number of benzene rings is 1. The van der Waals surface area contributed by atoms with Gasteiger partial charge in [-0.3, -0.25) is 4.79 Å². The summed E-state index contributed by atoms with van der Waals surface area (Å²) < 4.78 is 4.69. The summed E-state index contributed by atoms with van der Waals surface area (Å²) >= 11 is 0. The van der Waals surface area contributed by atoms with Gasteiger partial charge in [-0.25, -0.2) is 4.79 Å². The van der Waals surface area contributed by atoms with Gasteiger partial charge in [0.25, 0.3) is 0 Å². The van der Waals surface area contributed by atoms with Crippen LogP contribution in [0.25, 0.3) is 0 Å². The zero-order chi connectivity index (χ0) is 17.8. The highest BCUT2D eigenvalue weighted by molar-refractivity contribution is 5.89. The molecule has 0 aliphatic heterocycles. The average Bonchev–Trinajstić information content (AvgIpc) is 2.61. The van der Waals surface area contributed by atoms with E-state index in [-0.39, 0.29) is 17.8 Å². The second-order valence-corrected chi connectivity index (χ2v) is 7.43. The summed E-state index contributed by atoms with van der Waals surface area (Å²) in [5, 5.41) is 3.08. The van der Waals surface area contributed by atoms with Crippen molar-refractivity contribution in [1.29, 1.82) is 0 Å². The molecule has 0 saturated heterocycles. The number of carbonyl (C=O) groups excluding carboxylic acids is 2. The van der Waals surface area contributed by atoms with Gasteiger partial charge in [0.15, 0.2) is 0 Å². The van der Waals surface area contributed by atoms with E-state index in [0.29, 0.717) is 30.0 Å². The number of rotatable bonds is 5. The van der Waals surface area contributed by atoms with E-state index < -0.39 is 0 Å². The maximum atomic E-state index is 12.5. The molecular formula is C20H28N2O3. The van der Waals surface area contributed by atoms with Crippen molar-refractivity contribution in [2.75, 3.05) is 13.7 Å². The Kier molecular flexibility index (Phi) is 5.74. The van der Waals surface area contributed by atoms with Crippen LogP contribution in [0.2, 0.25) is 0 Å². The molecule has 2 saturated carbocycles. The third-order valence-electron chi connectivity index (χ3n) is 5.87. The highest BCUT2D eigenvalue weighted by Crippen LogP contribution is 2.41. The van der Waals surface area contributed by atoms with Crippen LogP contribution in [0.3, 0.4) is 0 Å². The van der Waals surface area contributed by atoms with Crippen molar-refractivity contribution in [3.8, 4) is 0 Å². The van der Waals surface area contributed by atoms with Crippen LogP contribution in [0.15, 0.2) is 24.3 Å². The maximum Gasteiger partial charge on any atom is 0.337 e. The molecule has 25 heavy (non-hydrogen) atoms. The Labute approximate surface area is 149 Å². The molecule has 0 aromatic heterocycles. The summed E-state index contributed by atoms with van der Waals surface area (Å²) in [5.74, 6) is 1.01. The van der Waals surface area contributed by atoms with Gasteiger partial charge >= 0.3 is 5.97 Å². The van der Waals surface area contributed by atoms with Gasteiger partial charge in [-0.15, -0.1) is 0 Å². The van der Waals surface area contributed by atoms with Crippen LogP contribution >= 0.6 is 0 Å². The van der Waals surface area contributed by atoms with Crippen LogP contribution in [0.1, 0.15) is 48.0 Å². The molecule has 0 heterocycles. The minimum Gasteiger partial charge on any atom is -0.465 e. The van der Waals surface area contributed by atoms with Crippen LogP contribution in [-0.2, 0) is 16.0 Å². The van der Waals surface area contributed by atoms with Crippen molar-refractivity contribution < 1.29 is 14.3 Å². The van der Waals surface area contributed by atoms with E-state index >= 15 is 0 Å². The molecular weight excluding hydrogens is 316 g/mol. The van der Waals surface area contributed by atoms with E-state index in [9.17, 15) is 9.59 Å². The lowest BCUT2D eigenvalue weighted by Gasteiger charge is -2.43. The molecule has 1 amide bonds. The first-order valence-electron chi connectivity index (χ1n) is 9.29. The molecule has 5 nitrogen and oxygen atoms in total. The standard InChI is InChI=1S/C20H28N2O3/c1-25-20(24)14-7-5-13(6-8-14)9-10-22-19(23)17-11-15-3-2-4-16(12-17)18(15)21/h5-8,15-18H,2-4,9-12,21H2,1H3,(H,22,23). The lowest BCUT2D eigenvalue weighted by atomic mass is 9.65. The van der Waals surface area contributed by atoms with Gasteiger partial charge in [0.1, 0.15) is 0 Å². The Morgan fingerprint density at radius 1 is 1.16 bits per heavy atom. The molecule has 2 fully saturated rings. The molecule has 2 unspecified atom stereocenters. The molecule has 2 bridgehead atoms. The Morgan fingerprint density at radius 2 is 1.80 bits per heavy atom. The minimum atomic E-state index is -0.332. The molecule has 2 aliphatic carbocycles. The number of methoxy groups -OCH3 is 1. The van der Waals surface area contributed by atoms with Crippen molar-refractivity contribution in [1.82, 2.24) is 5.32 Å². The largest absolute Gasteiger partial charge is 0.465 e. The molecule has 2 aliphatic rings. The van der Waals surface area contributed by atoms with E-state index in [4.69, 9.17) is 5.73 Å². The predicted molar refractivity (Wildman–Crippen MR) is 96.0 cm³/mol. The number of hydrogen-bond donors (Lipinski definition) is 2. The summed E-state index contributed by atoms with van der Waals surface area (Å²) in [5.41, 5.74) is 7.94. The number of esters is 1. The summed E-state index contributed by atoms with van der Waals surface area (Å²) in [6.45, 7) is 0.619. The number of nitrogens with two attached hydrogens (primary N) is 1. The van der Waals surface area contributed by atoms with Gasteiger partial charge in [0, 0.05) is 18.5 Å². The minimum absolute atomic E-state index is 0.122. The van der Waals surface area contributed by atoms with E-state index in [1.165, 1.54) is 26.4 Å². The molecule has 0 spiro atoms. The fraction of sp³-hybridized carbons (Fsp3) is 0.600. The van der Waals surface area contributed by atoms with Crippen LogP contribution in [0.5, 0.6) is 0 Å². The summed E-state index contributed by atoms with van der Waals surface area (Å²) in [4.78, 5) is 23.9. The monoisotopic (exact) mass is 344 g/mol. The topological polar surface area (TPSA) is 81.4 Å². The van der Waals surface area contributed by atoms with Crippen LogP contribution in [0.4, 0.5) is 0 Å². The molecule has 1 aromatic rings. The molecule has 1 aromatic carbocycles. The van der Waals surface area contributed by atoms with Gasteiger partial charge < -0.3 is 15.8 Å². The number of amides is 1. The summed E-state index contributed by atoms with van der Waals surface area (Å²) in [6.07, 6.45) is 6.25. The third-order valence-corrected chi connectivity index (χ3v) is 5.87. The Bertz CT molecular complexity index is 600. The highest BCUT2D eigenvalue weighted by atomic mass is 16.5. The second-order valence-electron chi connectivity index (χ2n) is 7.43. The number of hydrogen-bond acceptors (Lipinski definition) is 4. The van der Waals surface area contributed by atoms with Gasteiger partial charge in [0.05, 0.1) is 12.7 Å². The number of ether oxygens (including phenoxy) is 1. The van der Waals surface area contributed by atoms with Crippen LogP contribution < -0.4 is 11.1 Å². The second kappa shape index (κ2) is 8.00. The summed E-state index contributed by atoms with van der Waals surface area (Å²) in [7, 11) is 1.37. The Morgan fingerprint density at radius 3 is 2.40 bits per heavy atom. The van der Waals surface area contributed by atoms with Crippen molar-refractivity contribution in [2.45, 2.75) is 44.6 Å². The first-order chi connectivity index (χ1) is 12.1. The van der Waals surface area contributed by atoms with E-state index in [1.54, 1.807) is 12.1 Å².